The van der Waals surface area contributed by atoms with Crippen LogP contribution in [0.15, 0.2) is 24.3 Å². The van der Waals surface area contributed by atoms with Crippen LogP contribution in [0.25, 0.3) is 0 Å². The Balaban J connectivity index is 1.89. The van der Waals surface area contributed by atoms with Crippen molar-refractivity contribution in [3.8, 4) is 5.75 Å². The summed E-state index contributed by atoms with van der Waals surface area (Å²) < 4.78 is 5.10. The Morgan fingerprint density at radius 2 is 2.05 bits per heavy atom. The van der Waals surface area contributed by atoms with E-state index in [0.717, 1.165) is 24.2 Å². The number of methoxy groups -OCH3 is 1. The smallest absolute Gasteiger partial charge is 0.227 e. The lowest BCUT2D eigenvalue weighted by Crippen LogP contribution is -2.53. The van der Waals surface area contributed by atoms with Gasteiger partial charge in [-0.3, -0.25) is 4.79 Å². The van der Waals surface area contributed by atoms with E-state index in [1.165, 1.54) is 0 Å². The summed E-state index contributed by atoms with van der Waals surface area (Å²) in [5.41, 5.74) is 6.50. The molecule has 0 bridgehead atoms. The van der Waals surface area contributed by atoms with Crippen LogP contribution in [0.2, 0.25) is 0 Å². The highest BCUT2D eigenvalue weighted by atomic mass is 16.5. The fraction of sp³-hybridized carbons (Fsp3) is 0.533. The first-order chi connectivity index (χ1) is 9.09. The Kier molecular flexibility index (Phi) is 4.10. The van der Waals surface area contributed by atoms with Gasteiger partial charge in [0, 0.05) is 13.1 Å². The summed E-state index contributed by atoms with van der Waals surface area (Å²) in [6.07, 6.45) is 1.80. The molecule has 0 aliphatic heterocycles. The molecule has 0 saturated heterocycles. The summed E-state index contributed by atoms with van der Waals surface area (Å²) in [6.45, 7) is 3.13. The molecule has 1 aromatic rings. The summed E-state index contributed by atoms with van der Waals surface area (Å²) in [5, 5.41) is 2.99. The van der Waals surface area contributed by atoms with Gasteiger partial charge in [-0.1, -0.05) is 19.1 Å². The number of carbonyl (C=O) groups is 1. The van der Waals surface area contributed by atoms with Crippen LogP contribution >= 0.6 is 0 Å². The summed E-state index contributed by atoms with van der Waals surface area (Å²) in [5.74, 6) is 1.51. The number of hydrogen-bond acceptors (Lipinski definition) is 3. The summed E-state index contributed by atoms with van der Waals surface area (Å²) >= 11 is 0. The normalized spacial score (nSPS) is 25.5. The van der Waals surface area contributed by atoms with Gasteiger partial charge < -0.3 is 15.8 Å². The van der Waals surface area contributed by atoms with Crippen LogP contribution in [0.5, 0.6) is 5.75 Å². The van der Waals surface area contributed by atoms with Gasteiger partial charge in [0.25, 0.3) is 0 Å². The van der Waals surface area contributed by atoms with Crippen LogP contribution in [0, 0.1) is 11.3 Å². The maximum atomic E-state index is 12.2. The topological polar surface area (TPSA) is 64.3 Å². The van der Waals surface area contributed by atoms with Crippen molar-refractivity contribution in [2.75, 3.05) is 13.7 Å². The fourth-order valence-electron chi connectivity index (χ4n) is 2.83. The van der Waals surface area contributed by atoms with Gasteiger partial charge in [-0.05, 0) is 36.5 Å². The molecule has 1 aromatic carbocycles. The summed E-state index contributed by atoms with van der Waals surface area (Å²) in [7, 11) is 1.64. The van der Waals surface area contributed by atoms with E-state index in [1.807, 2.05) is 24.3 Å². The van der Waals surface area contributed by atoms with E-state index < -0.39 is 0 Å². The standard InChI is InChI=1S/C15H22N2O2/c1-11-7-15(8-11,10-16)14(18)17-9-12-3-5-13(19-2)6-4-12/h3-6,11H,7-10,16H2,1-2H3,(H,17,18). The maximum absolute atomic E-state index is 12.2. The molecule has 1 fully saturated rings. The van der Waals surface area contributed by atoms with Crippen molar-refractivity contribution in [1.29, 1.82) is 0 Å². The van der Waals surface area contributed by atoms with Crippen LogP contribution in [0.3, 0.4) is 0 Å². The molecule has 0 unspecified atom stereocenters. The molecule has 3 N–H and O–H groups in total. The third-order valence-corrected chi connectivity index (χ3v) is 3.96. The van der Waals surface area contributed by atoms with E-state index in [1.54, 1.807) is 7.11 Å². The van der Waals surface area contributed by atoms with Crippen LogP contribution in [-0.2, 0) is 11.3 Å². The summed E-state index contributed by atoms with van der Waals surface area (Å²) in [4.78, 5) is 12.2. The number of ether oxygens (including phenoxy) is 1. The van der Waals surface area contributed by atoms with Crippen molar-refractivity contribution >= 4 is 5.91 Å². The second-order valence-corrected chi connectivity index (χ2v) is 5.53. The van der Waals surface area contributed by atoms with Crippen LogP contribution < -0.4 is 15.8 Å². The van der Waals surface area contributed by atoms with Crippen molar-refractivity contribution in [2.24, 2.45) is 17.1 Å². The molecule has 104 valence electrons. The van der Waals surface area contributed by atoms with E-state index in [-0.39, 0.29) is 11.3 Å². The molecule has 0 heterocycles. The Hall–Kier alpha value is -1.55. The van der Waals surface area contributed by atoms with Crippen molar-refractivity contribution in [3.05, 3.63) is 29.8 Å². The highest BCUT2D eigenvalue weighted by Crippen LogP contribution is 2.44. The van der Waals surface area contributed by atoms with Gasteiger partial charge in [0.15, 0.2) is 0 Å². The predicted molar refractivity (Wildman–Crippen MR) is 74.7 cm³/mol. The van der Waals surface area contributed by atoms with Gasteiger partial charge >= 0.3 is 0 Å². The van der Waals surface area contributed by atoms with Gasteiger partial charge in [0.1, 0.15) is 5.75 Å². The molecule has 0 aromatic heterocycles. The third kappa shape index (κ3) is 2.89. The Labute approximate surface area is 114 Å². The molecule has 1 amide bonds. The minimum absolute atomic E-state index is 0.0870. The molecule has 1 aliphatic carbocycles. The molecular weight excluding hydrogens is 240 g/mol. The quantitative estimate of drug-likeness (QED) is 0.848. The van der Waals surface area contributed by atoms with Gasteiger partial charge in [-0.2, -0.15) is 0 Å². The molecule has 4 nitrogen and oxygen atoms in total. The second-order valence-electron chi connectivity index (χ2n) is 5.53. The molecule has 1 aliphatic rings. The van der Waals surface area contributed by atoms with Crippen LogP contribution in [0.4, 0.5) is 0 Å². The Morgan fingerprint density at radius 1 is 1.42 bits per heavy atom. The molecule has 0 radical (unpaired) electrons. The molecule has 4 heteroatoms. The fourth-order valence-corrected chi connectivity index (χ4v) is 2.83. The molecule has 19 heavy (non-hydrogen) atoms. The number of hydrogen-bond donors (Lipinski definition) is 2. The number of carbonyl (C=O) groups excluding carboxylic acids is 1. The highest BCUT2D eigenvalue weighted by Gasteiger charge is 2.46. The highest BCUT2D eigenvalue weighted by molar-refractivity contribution is 5.83. The zero-order valence-corrected chi connectivity index (χ0v) is 11.6. The molecule has 0 spiro atoms. The van der Waals surface area contributed by atoms with E-state index in [4.69, 9.17) is 10.5 Å². The maximum Gasteiger partial charge on any atom is 0.227 e. The lowest BCUT2D eigenvalue weighted by atomic mass is 9.62. The van der Waals surface area contributed by atoms with E-state index >= 15 is 0 Å². The average molecular weight is 262 g/mol. The minimum Gasteiger partial charge on any atom is -0.497 e. The minimum atomic E-state index is -0.327. The average Bonchev–Trinajstić information content (AvgIpc) is 2.41. The Bertz CT molecular complexity index is 436. The number of nitrogens with one attached hydrogen (secondary N) is 1. The lowest BCUT2D eigenvalue weighted by molar-refractivity contribution is -0.138. The van der Waals surface area contributed by atoms with Crippen molar-refractivity contribution in [3.63, 3.8) is 0 Å². The predicted octanol–water partition coefficient (Wildman–Crippen LogP) is 1.69. The van der Waals surface area contributed by atoms with Crippen molar-refractivity contribution in [1.82, 2.24) is 5.32 Å². The second kappa shape index (κ2) is 5.61. The van der Waals surface area contributed by atoms with E-state index in [9.17, 15) is 4.79 Å². The van der Waals surface area contributed by atoms with E-state index in [0.29, 0.717) is 19.0 Å². The zero-order chi connectivity index (χ0) is 13.9. The summed E-state index contributed by atoms with van der Waals surface area (Å²) in [6, 6.07) is 7.70. The SMILES string of the molecule is COc1ccc(CNC(=O)C2(CN)CC(C)C2)cc1. The largest absolute Gasteiger partial charge is 0.497 e. The third-order valence-electron chi connectivity index (χ3n) is 3.96. The lowest BCUT2D eigenvalue weighted by Gasteiger charge is -2.44. The Morgan fingerprint density at radius 3 is 2.53 bits per heavy atom. The molecule has 0 atom stereocenters. The number of benzene rings is 1. The van der Waals surface area contributed by atoms with Gasteiger partial charge in [-0.25, -0.2) is 0 Å². The van der Waals surface area contributed by atoms with Crippen molar-refractivity contribution < 1.29 is 9.53 Å². The number of amides is 1. The zero-order valence-electron chi connectivity index (χ0n) is 11.6. The van der Waals surface area contributed by atoms with E-state index in [2.05, 4.69) is 12.2 Å². The first-order valence-electron chi connectivity index (χ1n) is 6.71. The van der Waals surface area contributed by atoms with Crippen LogP contribution in [-0.4, -0.2) is 19.6 Å². The first kappa shape index (κ1) is 13.9. The monoisotopic (exact) mass is 262 g/mol. The first-order valence-corrected chi connectivity index (χ1v) is 6.71. The number of nitrogens with two attached hydrogens (primary N) is 1. The van der Waals surface area contributed by atoms with Gasteiger partial charge in [-0.15, -0.1) is 0 Å². The van der Waals surface area contributed by atoms with Gasteiger partial charge in [0.05, 0.1) is 12.5 Å². The molecule has 2 rings (SSSR count). The molecule has 1 saturated carbocycles. The van der Waals surface area contributed by atoms with Crippen molar-refractivity contribution in [2.45, 2.75) is 26.3 Å². The number of rotatable bonds is 5. The van der Waals surface area contributed by atoms with Crippen LogP contribution in [0.1, 0.15) is 25.3 Å². The molecular formula is C15H22N2O2. The van der Waals surface area contributed by atoms with Gasteiger partial charge in [0.2, 0.25) is 5.91 Å².